The van der Waals surface area contributed by atoms with E-state index in [1.54, 1.807) is 24.3 Å². The molecule has 0 aliphatic rings. The van der Waals surface area contributed by atoms with Crippen LogP contribution in [0.2, 0.25) is 0 Å². The topological polar surface area (TPSA) is 81.9 Å². The highest BCUT2D eigenvalue weighted by Crippen LogP contribution is 2.04. The number of nitrogens with two attached hydrogens (primary N) is 1. The third kappa shape index (κ3) is 4.60. The van der Waals surface area contributed by atoms with Crippen molar-refractivity contribution in [2.45, 2.75) is 13.2 Å². The van der Waals surface area contributed by atoms with Crippen molar-refractivity contribution in [1.29, 1.82) is 0 Å². The molecule has 0 fully saturated rings. The van der Waals surface area contributed by atoms with Crippen LogP contribution in [-0.4, -0.2) is 17.2 Å². The predicted molar refractivity (Wildman–Crippen MR) is 79.3 cm³/mol. The monoisotopic (exact) mass is 300 g/mol. The molecule has 0 atom stereocenters. The van der Waals surface area contributed by atoms with E-state index in [0.717, 1.165) is 11.1 Å². The van der Waals surface area contributed by atoms with Gasteiger partial charge in [-0.1, -0.05) is 60.7 Å². The van der Waals surface area contributed by atoms with Crippen molar-refractivity contribution in [3.05, 3.63) is 71.8 Å². The molecule has 0 saturated heterocycles. The number of imide groups is 1. The van der Waals surface area contributed by atoms with Gasteiger partial charge < -0.3 is 9.47 Å². The molecule has 2 N–H and O–H groups in total. The number of rotatable bonds is 4. The smallest absolute Gasteiger partial charge is 0.434 e. The zero-order valence-corrected chi connectivity index (χ0v) is 11.8. The average Bonchev–Trinajstić information content (AvgIpc) is 2.58. The molecule has 0 radical (unpaired) electrons. The van der Waals surface area contributed by atoms with Gasteiger partial charge in [0, 0.05) is 0 Å². The molecule has 0 aromatic heterocycles. The summed E-state index contributed by atoms with van der Waals surface area (Å²) in [5, 5.41) is 0.311. The summed E-state index contributed by atoms with van der Waals surface area (Å²) in [6.07, 6.45) is -1.94. The third-order valence-corrected chi connectivity index (χ3v) is 2.80. The van der Waals surface area contributed by atoms with Crippen LogP contribution in [0.25, 0.3) is 0 Å². The van der Waals surface area contributed by atoms with Crippen LogP contribution in [0.1, 0.15) is 11.1 Å². The molecule has 2 aromatic carbocycles. The summed E-state index contributed by atoms with van der Waals surface area (Å²) in [7, 11) is 0. The first-order chi connectivity index (χ1) is 10.7. The van der Waals surface area contributed by atoms with Gasteiger partial charge in [-0.05, 0) is 11.1 Å². The number of hydrogen-bond acceptors (Lipinski definition) is 5. The molecular formula is C16H16N2O4. The minimum absolute atomic E-state index is 0.0271. The Hall–Kier alpha value is -2.86. The first kappa shape index (κ1) is 15.5. The second-order valence-corrected chi connectivity index (χ2v) is 4.45. The maximum Gasteiger partial charge on any atom is 0.434 e. The Kier molecular flexibility index (Phi) is 5.50. The Morgan fingerprint density at radius 1 is 0.773 bits per heavy atom. The van der Waals surface area contributed by atoms with Crippen LogP contribution in [0, 0.1) is 0 Å². The van der Waals surface area contributed by atoms with Crippen molar-refractivity contribution in [2.24, 2.45) is 5.84 Å². The largest absolute Gasteiger partial charge is 0.443 e. The summed E-state index contributed by atoms with van der Waals surface area (Å²) < 4.78 is 9.85. The van der Waals surface area contributed by atoms with E-state index in [9.17, 15) is 9.59 Å². The molecule has 2 aromatic rings. The van der Waals surface area contributed by atoms with E-state index in [1.165, 1.54) is 0 Å². The number of ether oxygens (including phenoxy) is 2. The van der Waals surface area contributed by atoms with Gasteiger partial charge in [-0.25, -0.2) is 15.4 Å². The quantitative estimate of drug-likeness (QED) is 0.533. The maximum absolute atomic E-state index is 11.6. The second kappa shape index (κ2) is 7.80. The van der Waals surface area contributed by atoms with Gasteiger partial charge in [0.05, 0.1) is 0 Å². The van der Waals surface area contributed by atoms with Gasteiger partial charge >= 0.3 is 12.2 Å². The lowest BCUT2D eigenvalue weighted by Crippen LogP contribution is -2.43. The molecule has 2 amide bonds. The van der Waals surface area contributed by atoms with Crippen LogP contribution in [0.3, 0.4) is 0 Å². The highest BCUT2D eigenvalue weighted by molar-refractivity contribution is 5.86. The molecule has 0 saturated carbocycles. The lowest BCUT2D eigenvalue weighted by atomic mass is 10.2. The standard InChI is InChI=1S/C16H16N2O4/c17-18(15(19)21-11-13-7-3-1-4-8-13)16(20)22-12-14-9-5-2-6-10-14/h1-10H,11-12,17H2. The molecule has 0 heterocycles. The zero-order chi connectivity index (χ0) is 15.8. The highest BCUT2D eigenvalue weighted by Gasteiger charge is 2.20. The summed E-state index contributed by atoms with van der Waals surface area (Å²) >= 11 is 0. The van der Waals surface area contributed by atoms with Crippen LogP contribution in [-0.2, 0) is 22.7 Å². The average molecular weight is 300 g/mol. The minimum Gasteiger partial charge on any atom is -0.443 e. The number of hydrogen-bond donors (Lipinski definition) is 1. The summed E-state index contributed by atoms with van der Waals surface area (Å²) in [6, 6.07) is 18.1. The van der Waals surface area contributed by atoms with E-state index in [1.807, 2.05) is 36.4 Å². The third-order valence-electron chi connectivity index (χ3n) is 2.80. The van der Waals surface area contributed by atoms with E-state index < -0.39 is 12.2 Å². The first-order valence-electron chi connectivity index (χ1n) is 6.63. The van der Waals surface area contributed by atoms with Crippen LogP contribution in [0.5, 0.6) is 0 Å². The lowest BCUT2D eigenvalue weighted by molar-refractivity contribution is 0.0698. The van der Waals surface area contributed by atoms with Gasteiger partial charge in [-0.3, -0.25) is 0 Å². The number of amides is 2. The Balaban J connectivity index is 1.78. The number of carbonyl (C=O) groups is 2. The predicted octanol–water partition coefficient (Wildman–Crippen LogP) is 2.84. The van der Waals surface area contributed by atoms with Gasteiger partial charge in [0.15, 0.2) is 0 Å². The molecular weight excluding hydrogens is 284 g/mol. The highest BCUT2D eigenvalue weighted by atomic mass is 16.6. The molecule has 0 unspecified atom stereocenters. The Morgan fingerprint density at radius 3 is 1.50 bits per heavy atom. The van der Waals surface area contributed by atoms with E-state index in [-0.39, 0.29) is 13.2 Å². The Morgan fingerprint density at radius 2 is 1.14 bits per heavy atom. The van der Waals surface area contributed by atoms with Crippen LogP contribution < -0.4 is 5.84 Å². The van der Waals surface area contributed by atoms with E-state index >= 15 is 0 Å². The van der Waals surface area contributed by atoms with Gasteiger partial charge in [0.2, 0.25) is 0 Å². The van der Waals surface area contributed by atoms with Gasteiger partial charge in [-0.15, -0.1) is 5.01 Å². The fourth-order valence-corrected chi connectivity index (χ4v) is 1.65. The summed E-state index contributed by atoms with van der Waals surface area (Å²) in [5.41, 5.74) is 1.59. The SMILES string of the molecule is NN(C(=O)OCc1ccccc1)C(=O)OCc1ccccc1. The number of carbonyl (C=O) groups excluding carboxylic acids is 2. The molecule has 0 aliphatic heterocycles. The van der Waals surface area contributed by atoms with Gasteiger partial charge in [0.1, 0.15) is 13.2 Å². The first-order valence-corrected chi connectivity index (χ1v) is 6.63. The van der Waals surface area contributed by atoms with Crippen molar-refractivity contribution in [3.63, 3.8) is 0 Å². The van der Waals surface area contributed by atoms with Crippen LogP contribution in [0.4, 0.5) is 9.59 Å². The van der Waals surface area contributed by atoms with Crippen molar-refractivity contribution in [1.82, 2.24) is 5.01 Å². The molecule has 2 rings (SSSR count). The van der Waals surface area contributed by atoms with E-state index in [2.05, 4.69) is 0 Å². The normalized spacial score (nSPS) is 9.86. The van der Waals surface area contributed by atoms with Crippen molar-refractivity contribution >= 4 is 12.2 Å². The van der Waals surface area contributed by atoms with Crippen molar-refractivity contribution < 1.29 is 19.1 Å². The fourth-order valence-electron chi connectivity index (χ4n) is 1.65. The zero-order valence-electron chi connectivity index (χ0n) is 11.8. The minimum atomic E-state index is -0.970. The van der Waals surface area contributed by atoms with Gasteiger partial charge in [-0.2, -0.15) is 0 Å². The van der Waals surface area contributed by atoms with E-state index in [0.29, 0.717) is 5.01 Å². The second-order valence-electron chi connectivity index (χ2n) is 4.45. The fraction of sp³-hybridized carbons (Fsp3) is 0.125. The van der Waals surface area contributed by atoms with Gasteiger partial charge in [0.25, 0.3) is 0 Å². The Bertz CT molecular complexity index is 561. The number of nitrogens with zero attached hydrogens (tertiary/aromatic N) is 1. The summed E-state index contributed by atoms with van der Waals surface area (Å²) in [5.74, 6) is 5.37. The van der Waals surface area contributed by atoms with E-state index in [4.69, 9.17) is 15.3 Å². The van der Waals surface area contributed by atoms with Crippen molar-refractivity contribution in [3.8, 4) is 0 Å². The summed E-state index contributed by atoms with van der Waals surface area (Å²) in [6.45, 7) is 0.0542. The molecule has 6 nitrogen and oxygen atoms in total. The molecule has 6 heteroatoms. The molecule has 114 valence electrons. The lowest BCUT2D eigenvalue weighted by Gasteiger charge is -2.14. The summed E-state index contributed by atoms with van der Waals surface area (Å²) in [4.78, 5) is 23.3. The Labute approximate surface area is 128 Å². The molecule has 0 bridgehead atoms. The molecule has 0 spiro atoms. The number of hydrazine groups is 1. The molecule has 22 heavy (non-hydrogen) atoms. The van der Waals surface area contributed by atoms with Crippen LogP contribution in [0.15, 0.2) is 60.7 Å². The molecule has 0 aliphatic carbocycles. The number of benzene rings is 2. The maximum atomic E-state index is 11.6. The van der Waals surface area contributed by atoms with Crippen LogP contribution >= 0.6 is 0 Å². The van der Waals surface area contributed by atoms with Crippen molar-refractivity contribution in [2.75, 3.05) is 0 Å².